The van der Waals surface area contributed by atoms with Crippen molar-refractivity contribution in [2.24, 2.45) is 17.6 Å². The van der Waals surface area contributed by atoms with Gasteiger partial charge in [0.1, 0.15) is 22.8 Å². The molecule has 1 aromatic rings. The Morgan fingerprint density at radius 2 is 1.77 bits per heavy atom. The van der Waals surface area contributed by atoms with Gasteiger partial charge >= 0.3 is 0 Å². The lowest BCUT2D eigenvalue weighted by Crippen LogP contribution is -2.66. The fourth-order valence-electron chi connectivity index (χ4n) is 5.22. The third-order valence-electron chi connectivity index (χ3n) is 6.99. The molecule has 3 aliphatic rings. The van der Waals surface area contributed by atoms with E-state index in [0.717, 1.165) is 6.92 Å². The van der Waals surface area contributed by atoms with Crippen LogP contribution in [0.5, 0.6) is 5.75 Å². The molecule has 0 heterocycles. The Morgan fingerprint density at radius 1 is 1.16 bits per heavy atom. The number of carbonyl (C=O) groups excluding carboxylic acids is 3. The zero-order valence-electron chi connectivity index (χ0n) is 17.1. The van der Waals surface area contributed by atoms with Gasteiger partial charge in [0.25, 0.3) is 0 Å². The van der Waals surface area contributed by atoms with Crippen LogP contribution in [-0.4, -0.2) is 54.5 Å². The van der Waals surface area contributed by atoms with Crippen molar-refractivity contribution in [1.82, 2.24) is 0 Å². The Balaban J connectivity index is 2.05. The number of phenols is 1. The quantitative estimate of drug-likeness (QED) is 0.345. The van der Waals surface area contributed by atoms with Gasteiger partial charge in [0.05, 0.1) is 17.2 Å². The van der Waals surface area contributed by atoms with Crippen molar-refractivity contribution in [3.63, 3.8) is 0 Å². The predicted octanol–water partition coefficient (Wildman–Crippen LogP) is 0.438. The Labute approximate surface area is 177 Å². The second-order valence-electron chi connectivity index (χ2n) is 8.72. The maximum absolute atomic E-state index is 13.5. The van der Waals surface area contributed by atoms with E-state index in [4.69, 9.17) is 5.73 Å². The Kier molecular flexibility index (Phi) is 4.28. The van der Waals surface area contributed by atoms with Crippen LogP contribution in [0.2, 0.25) is 0 Å². The molecule has 3 aliphatic carbocycles. The number of hydrogen-bond donors (Lipinski definition) is 6. The van der Waals surface area contributed by atoms with Crippen LogP contribution >= 0.6 is 0 Å². The van der Waals surface area contributed by atoms with Crippen LogP contribution in [0.1, 0.15) is 37.0 Å². The Hall–Kier alpha value is -3.01. The third kappa shape index (κ3) is 2.39. The van der Waals surface area contributed by atoms with Crippen LogP contribution in [0.3, 0.4) is 0 Å². The van der Waals surface area contributed by atoms with Gasteiger partial charge in [-0.3, -0.25) is 14.4 Å². The Bertz CT molecular complexity index is 1140. The first-order valence-electron chi connectivity index (χ1n) is 9.78. The van der Waals surface area contributed by atoms with Gasteiger partial charge in [-0.25, -0.2) is 0 Å². The summed E-state index contributed by atoms with van der Waals surface area (Å²) in [5.41, 5.74) is 0.705. The first-order valence-corrected chi connectivity index (χ1v) is 9.78. The molecule has 0 aromatic heterocycles. The molecule has 31 heavy (non-hydrogen) atoms. The van der Waals surface area contributed by atoms with Crippen LogP contribution in [0, 0.1) is 18.8 Å². The molecule has 1 saturated carbocycles. The van der Waals surface area contributed by atoms with Gasteiger partial charge in [-0.15, -0.1) is 0 Å². The number of rotatable bonds is 1. The monoisotopic (exact) mass is 429 g/mol. The summed E-state index contributed by atoms with van der Waals surface area (Å²) in [5, 5.41) is 54.8. The third-order valence-corrected chi connectivity index (χ3v) is 6.99. The number of phenolic OH excluding ortho intramolecular Hbond substituents is 1. The number of aryl methyl sites for hydroxylation is 1. The summed E-state index contributed by atoms with van der Waals surface area (Å²) in [4.78, 5) is 38.1. The maximum atomic E-state index is 13.5. The van der Waals surface area contributed by atoms with Crippen molar-refractivity contribution in [3.8, 4) is 5.75 Å². The number of carbonyl (C=O) groups is 3. The summed E-state index contributed by atoms with van der Waals surface area (Å²) >= 11 is 0. The van der Waals surface area contributed by atoms with Gasteiger partial charge < -0.3 is 31.3 Å². The SMILES string of the molecule is CC(=O)C1=C(O)[C@@]2(O)C(=O)C3=C(O)c4c(ccc(C)c4O)[C@@](C)(O)[C@H]3C[C@H]2[C@H](N)C1=O. The zero-order valence-corrected chi connectivity index (χ0v) is 17.1. The smallest absolute Gasteiger partial charge is 0.202 e. The number of hydrogen-bond acceptors (Lipinski definition) is 9. The van der Waals surface area contributed by atoms with Crippen molar-refractivity contribution in [2.45, 2.75) is 44.4 Å². The molecule has 9 heteroatoms. The molecule has 1 aromatic carbocycles. The van der Waals surface area contributed by atoms with Crippen molar-refractivity contribution < 1.29 is 39.9 Å². The fourth-order valence-corrected chi connectivity index (χ4v) is 5.22. The second-order valence-corrected chi connectivity index (χ2v) is 8.72. The number of aliphatic hydroxyl groups excluding tert-OH is 2. The van der Waals surface area contributed by atoms with Gasteiger partial charge in [0.2, 0.25) is 5.78 Å². The largest absolute Gasteiger partial charge is 0.508 e. The van der Waals surface area contributed by atoms with Gasteiger partial charge in [0.15, 0.2) is 17.2 Å². The van der Waals surface area contributed by atoms with Crippen molar-refractivity contribution in [2.75, 3.05) is 0 Å². The molecule has 4 rings (SSSR count). The van der Waals surface area contributed by atoms with Gasteiger partial charge in [-0.2, -0.15) is 0 Å². The average Bonchev–Trinajstić information content (AvgIpc) is 2.68. The van der Waals surface area contributed by atoms with Crippen LogP contribution in [0.25, 0.3) is 5.76 Å². The zero-order chi connectivity index (χ0) is 23.2. The van der Waals surface area contributed by atoms with Crippen molar-refractivity contribution in [1.29, 1.82) is 0 Å². The molecule has 0 spiro atoms. The van der Waals surface area contributed by atoms with E-state index in [1.165, 1.54) is 13.0 Å². The first kappa shape index (κ1) is 21.2. The number of Topliss-reactive ketones (excluding diaryl/α,β-unsaturated/α-hetero) is 3. The van der Waals surface area contributed by atoms with Crippen LogP contribution < -0.4 is 5.73 Å². The van der Waals surface area contributed by atoms with E-state index in [-0.39, 0.29) is 23.3 Å². The summed E-state index contributed by atoms with van der Waals surface area (Å²) in [6.45, 7) is 3.96. The summed E-state index contributed by atoms with van der Waals surface area (Å²) in [6, 6.07) is 1.57. The highest BCUT2D eigenvalue weighted by molar-refractivity contribution is 6.24. The number of ketones is 3. The molecule has 164 valence electrons. The van der Waals surface area contributed by atoms with E-state index in [1.54, 1.807) is 13.0 Å². The fraction of sp³-hybridized carbons (Fsp3) is 0.409. The molecule has 0 unspecified atom stereocenters. The van der Waals surface area contributed by atoms with Gasteiger partial charge in [0, 0.05) is 17.4 Å². The van der Waals surface area contributed by atoms with E-state index in [9.17, 15) is 39.9 Å². The minimum absolute atomic E-state index is 0.155. The first-order chi connectivity index (χ1) is 14.3. The second kappa shape index (κ2) is 6.25. The molecule has 0 aliphatic heterocycles. The van der Waals surface area contributed by atoms with Gasteiger partial charge in [-0.1, -0.05) is 12.1 Å². The van der Waals surface area contributed by atoms with Crippen LogP contribution in [-0.2, 0) is 20.0 Å². The predicted molar refractivity (Wildman–Crippen MR) is 107 cm³/mol. The minimum Gasteiger partial charge on any atom is -0.508 e. The van der Waals surface area contributed by atoms with E-state index in [2.05, 4.69) is 0 Å². The summed E-state index contributed by atoms with van der Waals surface area (Å²) in [5.74, 6) is -7.50. The highest BCUT2D eigenvalue weighted by Crippen LogP contribution is 2.56. The van der Waals surface area contributed by atoms with E-state index in [0.29, 0.717) is 5.56 Å². The average molecular weight is 429 g/mol. The van der Waals surface area contributed by atoms with Crippen LogP contribution in [0.15, 0.2) is 29.0 Å². The van der Waals surface area contributed by atoms with Crippen molar-refractivity contribution >= 4 is 23.1 Å². The molecule has 5 atom stereocenters. The highest BCUT2D eigenvalue weighted by atomic mass is 16.3. The van der Waals surface area contributed by atoms with E-state index in [1.807, 2.05) is 0 Å². The van der Waals surface area contributed by atoms with Crippen LogP contribution in [0.4, 0.5) is 0 Å². The van der Waals surface area contributed by atoms with Gasteiger partial charge in [-0.05, 0) is 38.3 Å². The molecule has 9 nitrogen and oxygen atoms in total. The molecular formula is C22H23NO8. The minimum atomic E-state index is -2.73. The number of aromatic hydroxyl groups is 1. The lowest BCUT2D eigenvalue weighted by atomic mass is 9.54. The standard InChI is InChI=1S/C22H23NO8/c1-7-4-5-9-13(16(7)25)17(26)14-10(21(9,3)30)6-11-15(23)18(27)12(8(2)24)19(28)22(11,31)20(14)29/h4-5,10-11,15,25-26,28,30-31H,6,23H2,1-3H3/t10-,11-,15-,21+,22+/m0/s1. The number of benzene rings is 1. The Morgan fingerprint density at radius 3 is 2.35 bits per heavy atom. The summed E-state index contributed by atoms with van der Waals surface area (Å²) in [6.07, 6.45) is -0.245. The topological polar surface area (TPSA) is 178 Å². The lowest BCUT2D eigenvalue weighted by Gasteiger charge is -2.51. The molecule has 0 radical (unpaired) electrons. The number of fused-ring (bicyclic) bond motifs is 3. The lowest BCUT2D eigenvalue weighted by molar-refractivity contribution is -0.154. The molecule has 7 N–H and O–H groups in total. The molecule has 0 saturated heterocycles. The molecule has 0 bridgehead atoms. The van der Waals surface area contributed by atoms with E-state index >= 15 is 0 Å². The normalized spacial score (nSPS) is 35.0. The van der Waals surface area contributed by atoms with E-state index < -0.39 is 69.1 Å². The summed E-state index contributed by atoms with van der Waals surface area (Å²) in [7, 11) is 0. The molecule has 1 fully saturated rings. The number of aliphatic hydroxyl groups is 4. The summed E-state index contributed by atoms with van der Waals surface area (Å²) < 4.78 is 0. The number of nitrogens with two attached hydrogens (primary N) is 1. The highest BCUT2D eigenvalue weighted by Gasteiger charge is 2.65. The molecular weight excluding hydrogens is 406 g/mol. The maximum Gasteiger partial charge on any atom is 0.202 e. The molecule has 0 amide bonds. The van der Waals surface area contributed by atoms with Crippen molar-refractivity contribution in [3.05, 3.63) is 45.7 Å².